The SMILES string of the molecule is CCCCCCOc1ccc(PC(=O)c2c(C)cccc2Cl)c(OCCCCCC)c1.[LiH]. The fourth-order valence-electron chi connectivity index (χ4n) is 3.35. The third-order valence-electron chi connectivity index (χ3n) is 5.17. The zero-order valence-electron chi connectivity index (χ0n) is 19.1. The molecule has 32 heavy (non-hydrogen) atoms. The topological polar surface area (TPSA) is 35.5 Å². The first-order valence-corrected chi connectivity index (χ1v) is 12.9. The molecule has 0 aliphatic carbocycles. The second-order valence-electron chi connectivity index (χ2n) is 7.86. The van der Waals surface area contributed by atoms with Crippen molar-refractivity contribution in [2.24, 2.45) is 0 Å². The van der Waals surface area contributed by atoms with Gasteiger partial charge < -0.3 is 9.47 Å². The summed E-state index contributed by atoms with van der Waals surface area (Å²) in [7, 11) is -0.0458. The normalized spacial score (nSPS) is 10.9. The van der Waals surface area contributed by atoms with Crippen LogP contribution in [-0.4, -0.2) is 37.6 Å². The molecule has 1 atom stereocenters. The van der Waals surface area contributed by atoms with E-state index in [1.807, 2.05) is 37.3 Å². The van der Waals surface area contributed by atoms with Gasteiger partial charge in [0.2, 0.25) is 0 Å². The molecule has 0 saturated carbocycles. The van der Waals surface area contributed by atoms with Crippen molar-refractivity contribution in [3.63, 3.8) is 0 Å². The predicted molar refractivity (Wildman–Crippen MR) is 141 cm³/mol. The Balaban J connectivity index is 0.00000512. The summed E-state index contributed by atoms with van der Waals surface area (Å²) in [6, 6.07) is 11.4. The molecule has 0 amide bonds. The molecule has 2 rings (SSSR count). The second-order valence-corrected chi connectivity index (χ2v) is 9.51. The molecule has 0 aliphatic heterocycles. The number of carbonyl (C=O) groups excluding carboxylic acids is 1. The zero-order chi connectivity index (χ0) is 22.5. The average Bonchev–Trinajstić information content (AvgIpc) is 2.75. The summed E-state index contributed by atoms with van der Waals surface area (Å²) in [5.41, 5.74) is 1.54. The Morgan fingerprint density at radius 2 is 1.56 bits per heavy atom. The molecular formula is C26H37ClLiO3P. The van der Waals surface area contributed by atoms with Crippen LogP contribution in [0.5, 0.6) is 11.5 Å². The molecule has 1 unspecified atom stereocenters. The van der Waals surface area contributed by atoms with Gasteiger partial charge in [-0.25, -0.2) is 0 Å². The van der Waals surface area contributed by atoms with Crippen LogP contribution >= 0.6 is 20.2 Å². The summed E-state index contributed by atoms with van der Waals surface area (Å²) in [5, 5.41) is 1.41. The van der Waals surface area contributed by atoms with Crippen molar-refractivity contribution in [2.45, 2.75) is 72.1 Å². The summed E-state index contributed by atoms with van der Waals surface area (Å²) >= 11 is 6.31. The minimum atomic E-state index is -0.0458. The zero-order valence-corrected chi connectivity index (χ0v) is 20.9. The summed E-state index contributed by atoms with van der Waals surface area (Å²) in [4.78, 5) is 13.0. The van der Waals surface area contributed by atoms with E-state index in [2.05, 4.69) is 13.8 Å². The molecule has 0 radical (unpaired) electrons. The fraction of sp³-hybridized carbons (Fsp3) is 0.500. The van der Waals surface area contributed by atoms with Gasteiger partial charge in [-0.3, -0.25) is 4.79 Å². The Morgan fingerprint density at radius 1 is 0.906 bits per heavy atom. The molecule has 0 aliphatic rings. The number of unbranched alkanes of at least 4 members (excludes halogenated alkanes) is 6. The quantitative estimate of drug-likeness (QED) is 0.159. The van der Waals surface area contributed by atoms with Crippen molar-refractivity contribution in [1.29, 1.82) is 0 Å². The van der Waals surface area contributed by atoms with E-state index in [0.29, 0.717) is 23.8 Å². The van der Waals surface area contributed by atoms with Crippen LogP contribution in [0, 0.1) is 6.92 Å². The van der Waals surface area contributed by atoms with E-state index in [1.165, 1.54) is 32.1 Å². The van der Waals surface area contributed by atoms with Gasteiger partial charge in [0, 0.05) is 16.9 Å². The molecule has 3 nitrogen and oxygen atoms in total. The van der Waals surface area contributed by atoms with Crippen LogP contribution in [0.25, 0.3) is 0 Å². The standard InChI is InChI=1S/C26H36ClO3P.Li.H/c1-4-6-8-10-17-29-21-15-16-24(23(19-21)30-18-11-9-7-5-2)31-26(28)25-20(3)13-12-14-22(25)27;;/h12-16,19,31H,4-11,17-18H2,1-3H3;;. The number of ether oxygens (including phenoxy) is 2. The van der Waals surface area contributed by atoms with Gasteiger partial charge in [0.25, 0.3) is 0 Å². The molecule has 172 valence electrons. The summed E-state index contributed by atoms with van der Waals surface area (Å²) in [6.07, 6.45) is 9.25. The molecular weight excluding hydrogens is 434 g/mol. The third kappa shape index (κ3) is 9.89. The summed E-state index contributed by atoms with van der Waals surface area (Å²) in [6.45, 7) is 7.68. The first-order chi connectivity index (χ1) is 15.1. The number of rotatable bonds is 15. The predicted octanol–water partition coefficient (Wildman–Crippen LogP) is 7.06. The van der Waals surface area contributed by atoms with Gasteiger partial charge in [0.05, 0.1) is 18.2 Å². The van der Waals surface area contributed by atoms with Crippen LogP contribution in [0.2, 0.25) is 5.02 Å². The average molecular weight is 471 g/mol. The van der Waals surface area contributed by atoms with Crippen molar-refractivity contribution in [3.8, 4) is 11.5 Å². The van der Waals surface area contributed by atoms with E-state index in [-0.39, 0.29) is 33.0 Å². The molecule has 0 fully saturated rings. The molecule has 0 N–H and O–H groups in total. The van der Waals surface area contributed by atoms with Crippen molar-refractivity contribution >= 4 is 49.9 Å². The van der Waals surface area contributed by atoms with Crippen LogP contribution in [0.1, 0.15) is 81.1 Å². The van der Waals surface area contributed by atoms with Gasteiger partial charge >= 0.3 is 18.9 Å². The molecule has 0 bridgehead atoms. The van der Waals surface area contributed by atoms with E-state index in [0.717, 1.165) is 41.6 Å². The van der Waals surface area contributed by atoms with Crippen LogP contribution in [0.3, 0.4) is 0 Å². The van der Waals surface area contributed by atoms with Gasteiger partial charge in [0.15, 0.2) is 5.52 Å². The first kappa shape index (κ1) is 29.1. The van der Waals surface area contributed by atoms with E-state index < -0.39 is 0 Å². The van der Waals surface area contributed by atoms with Crippen molar-refractivity contribution in [3.05, 3.63) is 52.5 Å². The Hall–Kier alpha value is -0.973. The van der Waals surface area contributed by atoms with Gasteiger partial charge in [-0.15, -0.1) is 0 Å². The monoisotopic (exact) mass is 470 g/mol. The molecule has 6 heteroatoms. The molecule has 0 spiro atoms. The van der Waals surface area contributed by atoms with Crippen molar-refractivity contribution in [2.75, 3.05) is 13.2 Å². The summed E-state index contributed by atoms with van der Waals surface area (Å²) in [5.74, 6) is 1.55. The molecule has 2 aromatic rings. The van der Waals surface area contributed by atoms with E-state index >= 15 is 0 Å². The Kier molecular flexibility index (Phi) is 15.1. The number of benzene rings is 2. The minimum absolute atomic E-state index is 0. The first-order valence-electron chi connectivity index (χ1n) is 11.5. The van der Waals surface area contributed by atoms with Gasteiger partial charge in [-0.2, -0.15) is 0 Å². The fourth-order valence-corrected chi connectivity index (χ4v) is 4.87. The second kappa shape index (κ2) is 16.6. The number of aryl methyl sites for hydroxylation is 1. The van der Waals surface area contributed by atoms with Crippen LogP contribution in [0.15, 0.2) is 36.4 Å². The van der Waals surface area contributed by atoms with E-state index in [1.54, 1.807) is 6.07 Å². The Morgan fingerprint density at radius 3 is 2.19 bits per heavy atom. The van der Waals surface area contributed by atoms with E-state index in [4.69, 9.17) is 21.1 Å². The van der Waals surface area contributed by atoms with Crippen LogP contribution < -0.4 is 14.8 Å². The third-order valence-corrected chi connectivity index (χ3v) is 6.65. The number of carbonyl (C=O) groups is 1. The van der Waals surface area contributed by atoms with E-state index in [9.17, 15) is 4.79 Å². The Bertz CT molecular complexity index is 808. The Labute approximate surface area is 213 Å². The van der Waals surface area contributed by atoms with Gasteiger partial charge in [-0.05, 0) is 52.1 Å². The number of halogens is 1. The molecule has 2 aromatic carbocycles. The van der Waals surface area contributed by atoms with Gasteiger partial charge in [0.1, 0.15) is 11.5 Å². The van der Waals surface area contributed by atoms with Crippen molar-refractivity contribution < 1.29 is 14.3 Å². The summed E-state index contributed by atoms with van der Waals surface area (Å²) < 4.78 is 12.0. The number of hydrogen-bond donors (Lipinski definition) is 0. The molecule has 0 saturated heterocycles. The number of hydrogen-bond acceptors (Lipinski definition) is 3. The van der Waals surface area contributed by atoms with Crippen LogP contribution in [0.4, 0.5) is 0 Å². The molecule has 0 heterocycles. The molecule has 0 aromatic heterocycles. The van der Waals surface area contributed by atoms with Crippen LogP contribution in [-0.2, 0) is 0 Å². The van der Waals surface area contributed by atoms with Crippen molar-refractivity contribution in [1.82, 2.24) is 0 Å². The maximum atomic E-state index is 13.0. The maximum absolute atomic E-state index is 13.0. The van der Waals surface area contributed by atoms with Gasteiger partial charge in [-0.1, -0.05) is 76.1 Å².